The fraction of sp³-hybridized carbons (Fsp3) is 0.562. The fourth-order valence-corrected chi connectivity index (χ4v) is 3.58. The van der Waals surface area contributed by atoms with Crippen LogP contribution in [-0.4, -0.2) is 22.0 Å². The number of amides is 1. The van der Waals surface area contributed by atoms with Crippen LogP contribution in [0.1, 0.15) is 54.4 Å². The highest BCUT2D eigenvalue weighted by molar-refractivity contribution is 7.19. The van der Waals surface area contributed by atoms with Gasteiger partial charge in [-0.15, -0.1) is 11.3 Å². The molecule has 6 heteroatoms. The van der Waals surface area contributed by atoms with E-state index < -0.39 is 0 Å². The van der Waals surface area contributed by atoms with E-state index in [-0.39, 0.29) is 11.5 Å². The van der Waals surface area contributed by atoms with E-state index in [1.165, 1.54) is 11.3 Å². The molecule has 1 N–H and O–H groups in total. The lowest BCUT2D eigenvalue weighted by Crippen LogP contribution is -2.26. The third-order valence-corrected chi connectivity index (χ3v) is 5.06. The molecule has 2 aromatic heterocycles. The normalized spacial score (nSPS) is 14.7. The van der Waals surface area contributed by atoms with Crippen LogP contribution in [0.3, 0.4) is 0 Å². The van der Waals surface area contributed by atoms with Gasteiger partial charge in [-0.25, -0.2) is 4.98 Å². The maximum Gasteiger partial charge on any atom is 0.271 e. The Labute approximate surface area is 133 Å². The summed E-state index contributed by atoms with van der Waals surface area (Å²) < 4.78 is 2.31. The Bertz CT molecular complexity index is 772. The smallest absolute Gasteiger partial charge is 0.271 e. The maximum absolute atomic E-state index is 12.5. The van der Waals surface area contributed by atoms with Crippen LogP contribution in [0.15, 0.2) is 11.1 Å². The quantitative estimate of drug-likeness (QED) is 0.921. The van der Waals surface area contributed by atoms with Crippen molar-refractivity contribution >= 4 is 27.5 Å². The summed E-state index contributed by atoms with van der Waals surface area (Å²) in [4.78, 5) is 30.2. The second kappa shape index (κ2) is 5.83. The van der Waals surface area contributed by atoms with Crippen molar-refractivity contribution in [3.8, 4) is 0 Å². The number of aryl methyl sites for hydroxylation is 1. The summed E-state index contributed by atoms with van der Waals surface area (Å²) in [5.41, 5.74) is 1.09. The molecular weight excluding hydrogens is 298 g/mol. The van der Waals surface area contributed by atoms with Gasteiger partial charge in [0, 0.05) is 17.5 Å². The first kappa shape index (κ1) is 15.2. The van der Waals surface area contributed by atoms with Gasteiger partial charge in [-0.05, 0) is 32.1 Å². The Hall–Kier alpha value is -1.69. The highest BCUT2D eigenvalue weighted by atomic mass is 32.1. The van der Waals surface area contributed by atoms with Crippen molar-refractivity contribution in [1.29, 1.82) is 0 Å². The molecule has 1 saturated carbocycles. The van der Waals surface area contributed by atoms with Crippen LogP contribution in [-0.2, 0) is 0 Å². The standard InChI is InChI=1S/C16H21N3O2S/c1-9(2)6-7-17-15(20)12-10(3)22-14-13(12)18-8-19(16(14)21)11-4-5-11/h8-9,11H,4-7H2,1-3H3,(H,17,20). The van der Waals surface area contributed by atoms with E-state index >= 15 is 0 Å². The summed E-state index contributed by atoms with van der Waals surface area (Å²) in [6.07, 6.45) is 4.62. The van der Waals surface area contributed by atoms with Gasteiger partial charge in [-0.2, -0.15) is 0 Å². The van der Waals surface area contributed by atoms with E-state index in [4.69, 9.17) is 0 Å². The number of rotatable bonds is 5. The minimum Gasteiger partial charge on any atom is -0.352 e. The minimum absolute atomic E-state index is 0.0122. The van der Waals surface area contributed by atoms with Gasteiger partial charge in [-0.3, -0.25) is 14.2 Å². The van der Waals surface area contributed by atoms with Crippen LogP contribution in [0.2, 0.25) is 0 Å². The predicted molar refractivity (Wildman–Crippen MR) is 88.7 cm³/mol. The van der Waals surface area contributed by atoms with Crippen LogP contribution < -0.4 is 10.9 Å². The molecular formula is C16H21N3O2S. The molecule has 22 heavy (non-hydrogen) atoms. The van der Waals surface area contributed by atoms with Crippen molar-refractivity contribution in [2.75, 3.05) is 6.54 Å². The molecule has 0 aromatic carbocycles. The van der Waals surface area contributed by atoms with Crippen molar-refractivity contribution in [3.63, 3.8) is 0 Å². The van der Waals surface area contributed by atoms with Gasteiger partial charge in [0.15, 0.2) is 0 Å². The molecule has 2 heterocycles. The van der Waals surface area contributed by atoms with Crippen molar-refractivity contribution in [3.05, 3.63) is 27.1 Å². The van der Waals surface area contributed by atoms with E-state index in [9.17, 15) is 9.59 Å². The van der Waals surface area contributed by atoms with Gasteiger partial charge < -0.3 is 5.32 Å². The first-order valence-electron chi connectivity index (χ1n) is 7.77. The zero-order valence-electron chi connectivity index (χ0n) is 13.2. The lowest BCUT2D eigenvalue weighted by atomic mass is 10.1. The summed E-state index contributed by atoms with van der Waals surface area (Å²) in [6, 6.07) is 0.301. The van der Waals surface area contributed by atoms with E-state index in [1.807, 2.05) is 6.92 Å². The second-order valence-electron chi connectivity index (χ2n) is 6.34. The molecule has 1 aliphatic carbocycles. The predicted octanol–water partition coefficient (Wildman–Crippen LogP) is 2.88. The molecule has 0 aliphatic heterocycles. The lowest BCUT2D eigenvalue weighted by molar-refractivity contribution is 0.0953. The Morgan fingerprint density at radius 2 is 2.23 bits per heavy atom. The SMILES string of the molecule is Cc1sc2c(=O)n(C3CC3)cnc2c1C(=O)NCCC(C)C. The molecule has 5 nitrogen and oxygen atoms in total. The maximum atomic E-state index is 12.5. The molecule has 0 saturated heterocycles. The van der Waals surface area contributed by atoms with Crippen molar-refractivity contribution in [1.82, 2.24) is 14.9 Å². The van der Waals surface area contributed by atoms with Crippen LogP contribution in [0.25, 0.3) is 10.2 Å². The Morgan fingerprint density at radius 1 is 1.50 bits per heavy atom. The van der Waals surface area contributed by atoms with Gasteiger partial charge >= 0.3 is 0 Å². The fourth-order valence-electron chi connectivity index (χ4n) is 2.53. The average molecular weight is 319 g/mol. The van der Waals surface area contributed by atoms with Crippen molar-refractivity contribution in [2.24, 2.45) is 5.92 Å². The summed E-state index contributed by atoms with van der Waals surface area (Å²) in [6.45, 7) is 6.77. The van der Waals surface area contributed by atoms with Gasteiger partial charge in [0.25, 0.3) is 11.5 Å². The van der Waals surface area contributed by atoms with Crippen molar-refractivity contribution in [2.45, 2.75) is 46.1 Å². The number of carbonyl (C=O) groups excluding carboxylic acids is 1. The Balaban J connectivity index is 1.93. The number of carbonyl (C=O) groups is 1. The van der Waals surface area contributed by atoms with Crippen LogP contribution >= 0.6 is 11.3 Å². The monoisotopic (exact) mass is 319 g/mol. The number of aromatic nitrogens is 2. The number of thiophene rings is 1. The first-order valence-corrected chi connectivity index (χ1v) is 8.59. The van der Waals surface area contributed by atoms with E-state index in [0.29, 0.717) is 34.3 Å². The molecule has 118 valence electrons. The molecule has 0 bridgehead atoms. The first-order chi connectivity index (χ1) is 10.5. The molecule has 0 atom stereocenters. The van der Waals surface area contributed by atoms with E-state index in [1.54, 1.807) is 10.9 Å². The van der Waals surface area contributed by atoms with Gasteiger partial charge in [0.1, 0.15) is 10.2 Å². The third kappa shape index (κ3) is 2.79. The number of fused-ring (bicyclic) bond motifs is 1. The molecule has 1 fully saturated rings. The molecule has 0 radical (unpaired) electrons. The summed E-state index contributed by atoms with van der Waals surface area (Å²) in [7, 11) is 0. The lowest BCUT2D eigenvalue weighted by Gasteiger charge is -2.07. The summed E-state index contributed by atoms with van der Waals surface area (Å²) in [5.74, 6) is 0.421. The third-order valence-electron chi connectivity index (χ3n) is 3.97. The number of nitrogens with one attached hydrogen (secondary N) is 1. The van der Waals surface area contributed by atoms with Gasteiger partial charge in [0.05, 0.1) is 11.9 Å². The largest absolute Gasteiger partial charge is 0.352 e. The second-order valence-corrected chi connectivity index (χ2v) is 7.56. The van der Waals surface area contributed by atoms with E-state index in [0.717, 1.165) is 24.1 Å². The van der Waals surface area contributed by atoms with Crippen LogP contribution in [0, 0.1) is 12.8 Å². The number of hydrogen-bond acceptors (Lipinski definition) is 4. The Kier molecular flexibility index (Phi) is 4.04. The topological polar surface area (TPSA) is 64.0 Å². The molecule has 0 unspecified atom stereocenters. The summed E-state index contributed by atoms with van der Waals surface area (Å²) in [5, 5.41) is 2.94. The average Bonchev–Trinajstić information content (AvgIpc) is 3.21. The highest BCUT2D eigenvalue weighted by Gasteiger charge is 2.27. The minimum atomic E-state index is -0.125. The number of nitrogens with zero attached hydrogens (tertiary/aromatic N) is 2. The number of hydrogen-bond donors (Lipinski definition) is 1. The van der Waals surface area contributed by atoms with Gasteiger partial charge in [-0.1, -0.05) is 13.8 Å². The Morgan fingerprint density at radius 3 is 2.86 bits per heavy atom. The highest BCUT2D eigenvalue weighted by Crippen LogP contribution is 2.34. The molecule has 1 amide bonds. The van der Waals surface area contributed by atoms with Crippen LogP contribution in [0.4, 0.5) is 0 Å². The zero-order valence-corrected chi connectivity index (χ0v) is 14.0. The molecule has 1 aliphatic rings. The van der Waals surface area contributed by atoms with Crippen molar-refractivity contribution < 1.29 is 4.79 Å². The van der Waals surface area contributed by atoms with E-state index in [2.05, 4.69) is 24.1 Å². The van der Waals surface area contributed by atoms with Gasteiger partial charge in [0.2, 0.25) is 0 Å². The summed E-state index contributed by atoms with van der Waals surface area (Å²) >= 11 is 1.38. The molecule has 3 rings (SSSR count). The molecule has 2 aromatic rings. The zero-order chi connectivity index (χ0) is 15.9. The molecule has 0 spiro atoms. The van der Waals surface area contributed by atoms with Crippen LogP contribution in [0.5, 0.6) is 0 Å².